The molecule has 0 rings (SSSR count). The Hall–Kier alpha value is -0.270. The van der Waals surface area contributed by atoms with Crippen LogP contribution >= 0.6 is 7.82 Å². The Morgan fingerprint density at radius 1 is 1.47 bits per heavy atom. The van der Waals surface area contributed by atoms with Crippen LogP contribution in [0.1, 0.15) is 6.92 Å². The number of nitrogens with two attached hydrogens (primary N) is 1. The molecular formula is C11H26N2O5P+. The van der Waals surface area contributed by atoms with E-state index in [2.05, 4.69) is 5.11 Å². The first-order chi connectivity index (χ1) is 9.11. The van der Waals surface area contributed by atoms with E-state index in [0.717, 1.165) is 0 Å². The average Bonchev–Trinajstić information content (AvgIpc) is 2.31. The summed E-state index contributed by atoms with van der Waals surface area (Å²) >= 11 is 0. The highest BCUT2D eigenvalue weighted by Gasteiger charge is 2.25. The summed E-state index contributed by atoms with van der Waals surface area (Å²) in [5.74, 6) is 0. The Labute approximate surface area is 116 Å². The van der Waals surface area contributed by atoms with Crippen LogP contribution in [0.3, 0.4) is 0 Å². The van der Waals surface area contributed by atoms with Crippen LogP contribution in [-0.4, -0.2) is 69.0 Å². The number of rotatable bonds is 10. The number of quaternary nitrogens is 1. The van der Waals surface area contributed by atoms with E-state index in [9.17, 15) is 9.46 Å². The van der Waals surface area contributed by atoms with Gasteiger partial charge in [-0.25, -0.2) is 4.57 Å². The van der Waals surface area contributed by atoms with Crippen molar-refractivity contribution >= 4 is 7.82 Å². The molecule has 7 nitrogen and oxygen atoms in total. The maximum absolute atomic E-state index is 11.6. The highest BCUT2D eigenvalue weighted by atomic mass is 31.2. The lowest BCUT2D eigenvalue weighted by atomic mass is 10.2. The van der Waals surface area contributed by atoms with Crippen LogP contribution in [0.25, 0.3) is 0 Å². The van der Waals surface area contributed by atoms with E-state index < -0.39 is 20.0 Å². The SMILES string of the molecule is [3H]O[C@@H](/C=C/C)[C@@H](N)COP(=O)(O)OCC[N+](C)(C)C. The topological polar surface area (TPSA) is 102 Å². The van der Waals surface area contributed by atoms with E-state index in [-0.39, 0.29) is 13.2 Å². The first kappa shape index (κ1) is 16.8. The number of hydrogen-bond donors (Lipinski definition) is 3. The highest BCUT2D eigenvalue weighted by molar-refractivity contribution is 7.47. The fraction of sp³-hybridized carbons (Fsp3) is 0.818. The predicted molar refractivity (Wildman–Crippen MR) is 73.4 cm³/mol. The molecule has 0 aliphatic carbocycles. The molecule has 0 aromatic rings. The number of phosphoric ester groups is 1. The van der Waals surface area contributed by atoms with Gasteiger partial charge in [0.15, 0.2) is 0 Å². The Bertz CT molecular complexity index is 348. The van der Waals surface area contributed by atoms with Gasteiger partial charge in [-0.1, -0.05) is 12.2 Å². The van der Waals surface area contributed by atoms with Crippen molar-refractivity contribution in [1.29, 1.82) is 1.43 Å². The number of aliphatic hydroxyl groups is 1. The molecule has 114 valence electrons. The molecule has 0 aliphatic heterocycles. The molecule has 0 saturated carbocycles. The summed E-state index contributed by atoms with van der Waals surface area (Å²) < 4.78 is 28.7. The average molecular weight is 299 g/mol. The third-order valence-corrected chi connectivity index (χ3v) is 3.24. The molecule has 19 heavy (non-hydrogen) atoms. The van der Waals surface area contributed by atoms with Crippen molar-refractivity contribution in [2.45, 2.75) is 19.1 Å². The van der Waals surface area contributed by atoms with Crippen LogP contribution in [0.5, 0.6) is 0 Å². The number of hydrogen-bond acceptors (Lipinski definition) is 5. The zero-order chi connectivity index (χ0) is 15.8. The largest absolute Gasteiger partial charge is 0.472 e. The van der Waals surface area contributed by atoms with Gasteiger partial charge in [0.05, 0.1) is 39.9 Å². The molecule has 8 heteroatoms. The second-order valence-corrected chi connectivity index (χ2v) is 6.72. The van der Waals surface area contributed by atoms with Crippen molar-refractivity contribution in [3.63, 3.8) is 0 Å². The quantitative estimate of drug-likeness (QED) is 0.300. The first-order valence-electron chi connectivity index (χ1n) is 6.45. The number of nitrogens with zero attached hydrogens (tertiary/aromatic N) is 1. The second-order valence-electron chi connectivity index (χ2n) is 5.27. The maximum atomic E-state index is 11.6. The van der Waals surface area contributed by atoms with Crippen LogP contribution < -0.4 is 5.73 Å². The van der Waals surface area contributed by atoms with Crippen molar-refractivity contribution < 1.29 is 28.1 Å². The number of aliphatic hydroxyl groups excluding tert-OH is 1. The lowest BCUT2D eigenvalue weighted by Gasteiger charge is -2.24. The zero-order valence-corrected chi connectivity index (χ0v) is 12.9. The summed E-state index contributed by atoms with van der Waals surface area (Å²) in [4.78, 5) is 9.49. The second kappa shape index (κ2) is 8.11. The van der Waals surface area contributed by atoms with Crippen molar-refractivity contribution in [3.05, 3.63) is 12.2 Å². The van der Waals surface area contributed by atoms with Crippen molar-refractivity contribution in [2.75, 3.05) is 40.9 Å². The number of likely N-dealkylation sites (N-methyl/N-ethyl adjacent to an activating group) is 1. The molecule has 0 spiro atoms. The highest BCUT2D eigenvalue weighted by Crippen LogP contribution is 2.43. The Morgan fingerprint density at radius 3 is 2.58 bits per heavy atom. The smallest absolute Gasteiger partial charge is 0.387 e. The van der Waals surface area contributed by atoms with Crippen molar-refractivity contribution in [2.24, 2.45) is 5.73 Å². The van der Waals surface area contributed by atoms with Gasteiger partial charge < -0.3 is 20.2 Å². The van der Waals surface area contributed by atoms with Gasteiger partial charge in [-0.3, -0.25) is 9.05 Å². The van der Waals surface area contributed by atoms with Crippen molar-refractivity contribution in [3.8, 4) is 0 Å². The number of allylic oxidation sites excluding steroid dienone is 1. The van der Waals surface area contributed by atoms with E-state index in [1.807, 2.05) is 21.1 Å². The fourth-order valence-corrected chi connectivity index (χ4v) is 1.82. The summed E-state index contributed by atoms with van der Waals surface area (Å²) in [7, 11) is 1.69. The molecule has 1 unspecified atom stereocenters. The Balaban J connectivity index is 4.17. The minimum Gasteiger partial charge on any atom is -0.387 e. The van der Waals surface area contributed by atoms with Crippen LogP contribution in [0.15, 0.2) is 12.2 Å². The summed E-state index contributed by atoms with van der Waals surface area (Å²) in [5.41, 5.74) is 5.71. The summed E-state index contributed by atoms with van der Waals surface area (Å²) in [5, 5.41) is 4.39. The summed E-state index contributed by atoms with van der Waals surface area (Å²) in [6, 6.07) is -0.730. The molecule has 0 radical (unpaired) electrons. The Kier molecular flexibility index (Phi) is 7.17. The van der Waals surface area contributed by atoms with E-state index in [0.29, 0.717) is 11.0 Å². The van der Waals surface area contributed by atoms with Gasteiger partial charge in [-0.05, 0) is 6.92 Å². The predicted octanol–water partition coefficient (Wildman–Crippen LogP) is 0.0905. The Morgan fingerprint density at radius 2 is 2.11 bits per heavy atom. The lowest BCUT2D eigenvalue weighted by Crippen LogP contribution is -2.38. The van der Waals surface area contributed by atoms with Gasteiger partial charge in [0.2, 0.25) is 1.43 Å². The molecular weight excluding hydrogens is 271 g/mol. The first-order valence-corrected chi connectivity index (χ1v) is 7.53. The molecule has 0 bridgehead atoms. The van der Waals surface area contributed by atoms with Gasteiger partial charge in [-0.2, -0.15) is 0 Å². The van der Waals surface area contributed by atoms with E-state index in [1.165, 1.54) is 0 Å². The van der Waals surface area contributed by atoms with Gasteiger partial charge in [0.1, 0.15) is 13.2 Å². The van der Waals surface area contributed by atoms with Crippen LogP contribution in [-0.2, 0) is 13.6 Å². The normalized spacial score (nSPS) is 20.0. The third-order valence-electron chi connectivity index (χ3n) is 2.25. The molecule has 0 heterocycles. The molecule has 0 aromatic heterocycles. The van der Waals surface area contributed by atoms with Crippen LogP contribution in [0.2, 0.25) is 0 Å². The molecule has 4 N–H and O–H groups in total. The molecule has 0 aliphatic rings. The molecule has 0 fully saturated rings. The minimum atomic E-state index is -4.13. The van der Waals surface area contributed by atoms with Crippen molar-refractivity contribution in [1.82, 2.24) is 0 Å². The molecule has 0 saturated heterocycles. The summed E-state index contributed by atoms with van der Waals surface area (Å²) in [6.45, 7) is 2.17. The zero-order valence-electron chi connectivity index (χ0n) is 13.0. The van der Waals surface area contributed by atoms with E-state index in [4.69, 9.17) is 16.2 Å². The summed E-state index contributed by atoms with van der Waals surface area (Å²) in [6.07, 6.45) is 2.54. The third kappa shape index (κ3) is 10.2. The van der Waals surface area contributed by atoms with Gasteiger partial charge in [0.25, 0.3) is 0 Å². The van der Waals surface area contributed by atoms with Gasteiger partial charge in [-0.15, -0.1) is 0 Å². The van der Waals surface area contributed by atoms with E-state index in [1.54, 1.807) is 19.1 Å². The lowest BCUT2D eigenvalue weighted by molar-refractivity contribution is -0.870. The molecule has 0 amide bonds. The monoisotopic (exact) mass is 299 g/mol. The molecule has 3 atom stereocenters. The maximum Gasteiger partial charge on any atom is 0.472 e. The minimum absolute atomic E-state index is 0.0970. The standard InChI is InChI=1S/C11H25N2O5P/c1-5-6-11(14)10(12)9-18-19(15,16)17-8-7-13(2,3)4/h5-6,10-11,14H,7-9,12H2,1-4H3/p+1/b6-5+/t10-,11-/m0/s1/i14T. The molecule has 0 aromatic carbocycles. The fourth-order valence-electron chi connectivity index (χ4n) is 1.07. The number of phosphoric acid groups is 1. The van der Waals surface area contributed by atoms with Gasteiger partial charge in [0, 0.05) is 0 Å². The van der Waals surface area contributed by atoms with Crippen LogP contribution in [0, 0.1) is 0 Å². The van der Waals surface area contributed by atoms with Crippen LogP contribution in [0.4, 0.5) is 0 Å². The van der Waals surface area contributed by atoms with Gasteiger partial charge >= 0.3 is 7.82 Å². The van der Waals surface area contributed by atoms with E-state index >= 15 is 0 Å².